The van der Waals surface area contributed by atoms with Crippen LogP contribution in [0.25, 0.3) is 0 Å². The zero-order valence-electron chi connectivity index (χ0n) is 13.2. The Morgan fingerprint density at radius 1 is 1.32 bits per heavy atom. The van der Waals surface area contributed by atoms with Crippen LogP contribution in [0, 0.1) is 6.92 Å². The zero-order chi connectivity index (χ0) is 15.7. The van der Waals surface area contributed by atoms with E-state index in [2.05, 4.69) is 60.0 Å². The Kier molecular flexibility index (Phi) is 3.87. The molecule has 2 aromatic rings. The SMILES string of the molecule is CC(=O)N1N=C(c2ccc(C)cc2)CC1(C)Cc1ccsc1. The van der Waals surface area contributed by atoms with Gasteiger partial charge in [-0.15, -0.1) is 0 Å². The molecule has 3 rings (SSSR count). The van der Waals surface area contributed by atoms with E-state index in [1.165, 1.54) is 11.1 Å². The molecule has 0 saturated carbocycles. The Hall–Kier alpha value is -1.94. The predicted octanol–water partition coefficient (Wildman–Crippen LogP) is 4.01. The first-order valence-electron chi connectivity index (χ1n) is 7.44. The van der Waals surface area contributed by atoms with Crippen molar-refractivity contribution in [2.75, 3.05) is 0 Å². The molecule has 1 aliphatic heterocycles. The molecule has 22 heavy (non-hydrogen) atoms. The van der Waals surface area contributed by atoms with Crippen LogP contribution < -0.4 is 0 Å². The van der Waals surface area contributed by atoms with Crippen molar-refractivity contribution < 1.29 is 4.79 Å². The van der Waals surface area contributed by atoms with Crippen molar-refractivity contribution in [3.8, 4) is 0 Å². The number of thiophene rings is 1. The molecule has 3 nitrogen and oxygen atoms in total. The largest absolute Gasteiger partial charge is 0.273 e. The van der Waals surface area contributed by atoms with Crippen LogP contribution >= 0.6 is 11.3 Å². The second kappa shape index (κ2) is 5.69. The molecule has 1 amide bonds. The summed E-state index contributed by atoms with van der Waals surface area (Å²) in [5.74, 6) is -0.000147. The van der Waals surface area contributed by atoms with E-state index in [0.29, 0.717) is 0 Å². The summed E-state index contributed by atoms with van der Waals surface area (Å²) in [6.45, 7) is 5.78. The average molecular weight is 312 g/mol. The third-order valence-corrected chi connectivity index (χ3v) is 4.86. The van der Waals surface area contributed by atoms with E-state index in [1.807, 2.05) is 0 Å². The molecule has 1 aliphatic rings. The molecule has 0 spiro atoms. The number of rotatable bonds is 3. The molecule has 0 aliphatic carbocycles. The van der Waals surface area contributed by atoms with Crippen molar-refractivity contribution in [1.29, 1.82) is 0 Å². The van der Waals surface area contributed by atoms with E-state index in [1.54, 1.807) is 23.3 Å². The van der Waals surface area contributed by atoms with Crippen LogP contribution in [0.5, 0.6) is 0 Å². The molecule has 0 radical (unpaired) electrons. The molecule has 114 valence electrons. The molecule has 0 fully saturated rings. The molecular formula is C18H20N2OS. The molecule has 4 heteroatoms. The van der Waals surface area contributed by atoms with Crippen LogP contribution in [-0.2, 0) is 11.2 Å². The highest BCUT2D eigenvalue weighted by Crippen LogP contribution is 2.33. The van der Waals surface area contributed by atoms with E-state index >= 15 is 0 Å². The lowest BCUT2D eigenvalue weighted by molar-refractivity contribution is -0.133. The fraction of sp³-hybridized carbons (Fsp3) is 0.333. The van der Waals surface area contributed by atoms with Gasteiger partial charge < -0.3 is 0 Å². The Bertz CT molecular complexity index is 703. The first-order valence-corrected chi connectivity index (χ1v) is 8.39. The molecule has 0 bridgehead atoms. The summed E-state index contributed by atoms with van der Waals surface area (Å²) in [5.41, 5.74) is 4.30. The third kappa shape index (κ3) is 2.83. The summed E-state index contributed by atoms with van der Waals surface area (Å²) in [6, 6.07) is 10.5. The summed E-state index contributed by atoms with van der Waals surface area (Å²) in [6.07, 6.45) is 1.61. The Balaban J connectivity index is 1.90. The molecule has 2 heterocycles. The fourth-order valence-corrected chi connectivity index (χ4v) is 3.71. The van der Waals surface area contributed by atoms with Crippen molar-refractivity contribution in [2.45, 2.75) is 39.2 Å². The van der Waals surface area contributed by atoms with Crippen molar-refractivity contribution in [3.05, 3.63) is 57.8 Å². The number of hydrogen-bond donors (Lipinski definition) is 0. The van der Waals surface area contributed by atoms with E-state index < -0.39 is 0 Å². The number of nitrogens with zero attached hydrogens (tertiary/aromatic N) is 2. The predicted molar refractivity (Wildman–Crippen MR) is 91.3 cm³/mol. The maximum Gasteiger partial charge on any atom is 0.240 e. The first-order chi connectivity index (χ1) is 10.5. The lowest BCUT2D eigenvalue weighted by Gasteiger charge is -2.31. The quantitative estimate of drug-likeness (QED) is 0.842. The maximum atomic E-state index is 12.0. The molecule has 1 atom stereocenters. The van der Waals surface area contributed by atoms with Crippen LogP contribution in [-0.4, -0.2) is 22.2 Å². The Morgan fingerprint density at radius 2 is 2.05 bits per heavy atom. The molecule has 1 aromatic carbocycles. The summed E-state index contributed by atoms with van der Waals surface area (Å²) in [4.78, 5) is 12.0. The van der Waals surface area contributed by atoms with Crippen LogP contribution in [0.1, 0.15) is 37.0 Å². The standard InChI is InChI=1S/C18H20N2OS/c1-13-4-6-16(7-5-13)17-11-18(3,20(19-17)14(2)21)10-15-8-9-22-12-15/h4-9,12H,10-11H2,1-3H3. The lowest BCUT2D eigenvalue weighted by Crippen LogP contribution is -2.44. The van der Waals surface area contributed by atoms with Gasteiger partial charge in [-0.1, -0.05) is 29.8 Å². The minimum Gasteiger partial charge on any atom is -0.273 e. The van der Waals surface area contributed by atoms with Gasteiger partial charge in [-0.25, -0.2) is 5.01 Å². The number of benzene rings is 1. The minimum absolute atomic E-state index is 0.000147. The highest BCUT2D eigenvalue weighted by atomic mass is 32.1. The van der Waals surface area contributed by atoms with E-state index in [-0.39, 0.29) is 11.4 Å². The molecule has 0 N–H and O–H groups in total. The summed E-state index contributed by atoms with van der Waals surface area (Å²) in [5, 5.41) is 10.5. The van der Waals surface area contributed by atoms with Crippen LogP contribution in [0.3, 0.4) is 0 Å². The van der Waals surface area contributed by atoms with Crippen LogP contribution in [0.2, 0.25) is 0 Å². The summed E-state index contributed by atoms with van der Waals surface area (Å²) < 4.78 is 0. The zero-order valence-corrected chi connectivity index (χ0v) is 14.0. The molecule has 1 aromatic heterocycles. The van der Waals surface area contributed by atoms with Gasteiger partial charge in [0, 0.05) is 13.3 Å². The average Bonchev–Trinajstić information content (AvgIpc) is 3.07. The second-order valence-corrected chi connectivity index (χ2v) is 7.01. The monoisotopic (exact) mass is 312 g/mol. The van der Waals surface area contributed by atoms with E-state index in [9.17, 15) is 4.79 Å². The molecule has 1 unspecified atom stereocenters. The van der Waals surface area contributed by atoms with Gasteiger partial charge in [0.15, 0.2) is 0 Å². The van der Waals surface area contributed by atoms with Crippen molar-refractivity contribution in [3.63, 3.8) is 0 Å². The van der Waals surface area contributed by atoms with E-state index in [0.717, 1.165) is 24.1 Å². The van der Waals surface area contributed by atoms with E-state index in [4.69, 9.17) is 0 Å². The topological polar surface area (TPSA) is 32.7 Å². The van der Waals surface area contributed by atoms with Crippen LogP contribution in [0.15, 0.2) is 46.2 Å². The van der Waals surface area contributed by atoms with Gasteiger partial charge in [-0.2, -0.15) is 16.4 Å². The number of hydrogen-bond acceptors (Lipinski definition) is 3. The van der Waals surface area contributed by atoms with Gasteiger partial charge in [0.2, 0.25) is 5.91 Å². The third-order valence-electron chi connectivity index (χ3n) is 4.13. The van der Waals surface area contributed by atoms with Gasteiger partial charge in [0.05, 0.1) is 11.3 Å². The second-order valence-electron chi connectivity index (χ2n) is 6.23. The molecule has 0 saturated heterocycles. The van der Waals surface area contributed by atoms with Gasteiger partial charge in [0.25, 0.3) is 0 Å². The van der Waals surface area contributed by atoms with Crippen molar-refractivity contribution >= 4 is 23.0 Å². The number of carbonyl (C=O) groups is 1. The Morgan fingerprint density at radius 3 is 2.64 bits per heavy atom. The normalized spacial score (nSPS) is 21.0. The fourth-order valence-electron chi connectivity index (χ4n) is 3.04. The van der Waals surface area contributed by atoms with Gasteiger partial charge in [0.1, 0.15) is 0 Å². The Labute approximate surface area is 135 Å². The summed E-state index contributed by atoms with van der Waals surface area (Å²) in [7, 11) is 0. The maximum absolute atomic E-state index is 12.0. The lowest BCUT2D eigenvalue weighted by atomic mass is 9.87. The van der Waals surface area contributed by atoms with Crippen molar-refractivity contribution in [1.82, 2.24) is 5.01 Å². The molecular weight excluding hydrogens is 292 g/mol. The van der Waals surface area contributed by atoms with Crippen LogP contribution in [0.4, 0.5) is 0 Å². The number of aryl methyl sites for hydroxylation is 1. The number of hydrazone groups is 1. The van der Waals surface area contributed by atoms with Gasteiger partial charge >= 0.3 is 0 Å². The van der Waals surface area contributed by atoms with Crippen molar-refractivity contribution in [2.24, 2.45) is 5.10 Å². The number of carbonyl (C=O) groups excluding carboxylic acids is 1. The smallest absolute Gasteiger partial charge is 0.240 e. The highest BCUT2D eigenvalue weighted by Gasteiger charge is 2.41. The van der Waals surface area contributed by atoms with Gasteiger partial charge in [-0.05, 0) is 48.2 Å². The number of amides is 1. The van der Waals surface area contributed by atoms with Gasteiger partial charge in [-0.3, -0.25) is 4.79 Å². The highest BCUT2D eigenvalue weighted by molar-refractivity contribution is 7.07. The minimum atomic E-state index is -0.285. The summed E-state index contributed by atoms with van der Waals surface area (Å²) >= 11 is 1.69. The first kappa shape index (κ1) is 15.0.